The first-order valence-electron chi connectivity index (χ1n) is 6.34. The van der Waals surface area contributed by atoms with E-state index in [0.717, 1.165) is 13.1 Å². The molecule has 4 nitrogen and oxygen atoms in total. The molecule has 106 valence electrons. The molecule has 1 aliphatic heterocycles. The zero-order valence-electron chi connectivity index (χ0n) is 11.1. The maximum Gasteiger partial charge on any atom is 0.254 e. The Labute approximate surface area is 128 Å². The quantitative estimate of drug-likeness (QED) is 0.913. The highest BCUT2D eigenvalue weighted by Gasteiger charge is 2.35. The molecule has 0 atom stereocenters. The number of carbonyl (C=O) groups is 1. The van der Waals surface area contributed by atoms with E-state index >= 15 is 0 Å². The predicted octanol–water partition coefficient (Wildman–Crippen LogP) is 2.71. The van der Waals surface area contributed by atoms with Crippen LogP contribution in [-0.2, 0) is 0 Å². The number of rotatable bonds is 2. The maximum atomic E-state index is 12.3. The van der Waals surface area contributed by atoms with Crippen molar-refractivity contribution < 1.29 is 4.79 Å². The van der Waals surface area contributed by atoms with Crippen LogP contribution < -0.4 is 5.32 Å². The number of nitrogens with zero attached hydrogens (tertiary/aromatic N) is 2. The highest BCUT2D eigenvalue weighted by molar-refractivity contribution is 6.43. The van der Waals surface area contributed by atoms with E-state index in [9.17, 15) is 10.1 Å². The first-order valence-corrected chi connectivity index (χ1v) is 7.09. The van der Waals surface area contributed by atoms with Crippen LogP contribution in [0.1, 0.15) is 23.2 Å². The van der Waals surface area contributed by atoms with Gasteiger partial charge in [-0.25, -0.2) is 0 Å². The number of carbonyl (C=O) groups excluding carboxylic acids is 1. The summed E-state index contributed by atoms with van der Waals surface area (Å²) >= 11 is 11.9. The molecule has 0 radical (unpaired) electrons. The lowest BCUT2D eigenvalue weighted by molar-refractivity contribution is 0.0882. The van der Waals surface area contributed by atoms with Crippen molar-refractivity contribution in [1.82, 2.24) is 10.2 Å². The third-order valence-corrected chi connectivity index (χ3v) is 4.42. The molecule has 1 aromatic rings. The molecule has 1 N–H and O–H groups in total. The van der Waals surface area contributed by atoms with Gasteiger partial charge in [0.05, 0.1) is 21.7 Å². The van der Waals surface area contributed by atoms with Crippen molar-refractivity contribution in [2.45, 2.75) is 18.4 Å². The topological polar surface area (TPSA) is 56.1 Å². The molecule has 0 saturated carbocycles. The second kappa shape index (κ2) is 6.01. The summed E-state index contributed by atoms with van der Waals surface area (Å²) < 4.78 is 0. The van der Waals surface area contributed by atoms with Gasteiger partial charge in [0.2, 0.25) is 0 Å². The van der Waals surface area contributed by atoms with Gasteiger partial charge in [0.1, 0.15) is 5.54 Å². The second-order valence-electron chi connectivity index (χ2n) is 5.05. The van der Waals surface area contributed by atoms with Crippen LogP contribution in [0.2, 0.25) is 10.0 Å². The molecular formula is C14H15Cl2N3O. The third kappa shape index (κ3) is 3.06. The maximum absolute atomic E-state index is 12.3. The Kier molecular flexibility index (Phi) is 4.54. The van der Waals surface area contributed by atoms with E-state index in [1.807, 2.05) is 7.05 Å². The number of nitrogens with one attached hydrogen (secondary N) is 1. The fourth-order valence-electron chi connectivity index (χ4n) is 2.23. The van der Waals surface area contributed by atoms with Crippen LogP contribution in [0.4, 0.5) is 0 Å². The monoisotopic (exact) mass is 311 g/mol. The van der Waals surface area contributed by atoms with E-state index in [1.165, 1.54) is 0 Å². The molecule has 1 aliphatic rings. The van der Waals surface area contributed by atoms with Gasteiger partial charge in [0, 0.05) is 13.1 Å². The number of amides is 1. The molecule has 0 unspecified atom stereocenters. The van der Waals surface area contributed by atoms with E-state index in [4.69, 9.17) is 23.2 Å². The summed E-state index contributed by atoms with van der Waals surface area (Å²) in [6.45, 7) is 1.55. The van der Waals surface area contributed by atoms with Crippen molar-refractivity contribution >= 4 is 29.1 Å². The number of nitriles is 1. The number of hydrogen-bond donors (Lipinski definition) is 1. The lowest BCUT2D eigenvalue weighted by atomic mass is 9.89. The van der Waals surface area contributed by atoms with Crippen LogP contribution in [-0.4, -0.2) is 36.5 Å². The summed E-state index contributed by atoms with van der Waals surface area (Å²) in [5.74, 6) is -0.358. The number of halogens is 2. The molecule has 0 aliphatic carbocycles. The first-order chi connectivity index (χ1) is 9.47. The number of piperidine rings is 1. The van der Waals surface area contributed by atoms with Gasteiger partial charge in [-0.1, -0.05) is 29.3 Å². The van der Waals surface area contributed by atoms with Crippen molar-refractivity contribution in [3.63, 3.8) is 0 Å². The van der Waals surface area contributed by atoms with E-state index in [1.54, 1.807) is 18.2 Å². The van der Waals surface area contributed by atoms with E-state index in [0.29, 0.717) is 23.4 Å². The molecule has 0 spiro atoms. The molecule has 1 heterocycles. The summed E-state index contributed by atoms with van der Waals surface area (Å²) in [6, 6.07) is 7.12. The minimum absolute atomic E-state index is 0.215. The molecule has 1 fully saturated rings. The zero-order chi connectivity index (χ0) is 14.8. The normalized spacial score (nSPS) is 18.3. The van der Waals surface area contributed by atoms with Gasteiger partial charge < -0.3 is 10.2 Å². The first kappa shape index (κ1) is 15.1. The lowest BCUT2D eigenvalue weighted by Crippen LogP contribution is -2.53. The van der Waals surface area contributed by atoms with E-state index in [-0.39, 0.29) is 10.9 Å². The van der Waals surface area contributed by atoms with Crippen LogP contribution in [0, 0.1) is 11.3 Å². The van der Waals surface area contributed by atoms with Gasteiger partial charge >= 0.3 is 0 Å². The Hall–Kier alpha value is -1.28. The summed E-state index contributed by atoms with van der Waals surface area (Å²) in [6.07, 6.45) is 1.20. The summed E-state index contributed by atoms with van der Waals surface area (Å²) in [5, 5.41) is 12.8. The number of benzene rings is 1. The highest BCUT2D eigenvalue weighted by Crippen LogP contribution is 2.27. The third-order valence-electron chi connectivity index (χ3n) is 3.60. The van der Waals surface area contributed by atoms with Crippen molar-refractivity contribution in [2.75, 3.05) is 20.1 Å². The van der Waals surface area contributed by atoms with Crippen LogP contribution in [0.3, 0.4) is 0 Å². The van der Waals surface area contributed by atoms with E-state index < -0.39 is 5.54 Å². The smallest absolute Gasteiger partial charge is 0.254 e. The molecule has 1 saturated heterocycles. The van der Waals surface area contributed by atoms with Crippen LogP contribution >= 0.6 is 23.2 Å². The Morgan fingerprint density at radius 2 is 2.05 bits per heavy atom. The van der Waals surface area contributed by atoms with Gasteiger partial charge in [0.25, 0.3) is 5.91 Å². The lowest BCUT2D eigenvalue weighted by Gasteiger charge is -2.36. The molecule has 0 bridgehead atoms. The van der Waals surface area contributed by atoms with Gasteiger partial charge in [-0.3, -0.25) is 4.79 Å². The van der Waals surface area contributed by atoms with Crippen LogP contribution in [0.5, 0.6) is 0 Å². The number of likely N-dealkylation sites (tertiary alicyclic amines) is 1. The van der Waals surface area contributed by atoms with Gasteiger partial charge in [-0.05, 0) is 32.0 Å². The second-order valence-corrected chi connectivity index (χ2v) is 5.84. The van der Waals surface area contributed by atoms with E-state index in [2.05, 4.69) is 16.3 Å². The Balaban J connectivity index is 2.18. The average molecular weight is 312 g/mol. The Morgan fingerprint density at radius 1 is 1.40 bits per heavy atom. The molecule has 0 aromatic heterocycles. The molecule has 20 heavy (non-hydrogen) atoms. The highest BCUT2D eigenvalue weighted by atomic mass is 35.5. The predicted molar refractivity (Wildman–Crippen MR) is 79.0 cm³/mol. The van der Waals surface area contributed by atoms with Crippen LogP contribution in [0.15, 0.2) is 18.2 Å². The molecule has 6 heteroatoms. The van der Waals surface area contributed by atoms with Gasteiger partial charge in [-0.15, -0.1) is 0 Å². The summed E-state index contributed by atoms with van der Waals surface area (Å²) in [5.41, 5.74) is -0.525. The number of hydrogen-bond acceptors (Lipinski definition) is 3. The summed E-state index contributed by atoms with van der Waals surface area (Å²) in [4.78, 5) is 14.4. The standard InChI is InChI=1S/C14H15Cl2N3O/c1-19-7-5-14(9-17,6-8-19)18-13(20)10-3-2-4-11(15)12(10)16/h2-4H,5-8H2,1H3,(H,18,20). The van der Waals surface area contributed by atoms with Crippen molar-refractivity contribution in [3.05, 3.63) is 33.8 Å². The molecular weight excluding hydrogens is 297 g/mol. The summed E-state index contributed by atoms with van der Waals surface area (Å²) in [7, 11) is 2.00. The largest absolute Gasteiger partial charge is 0.334 e. The minimum atomic E-state index is -0.824. The zero-order valence-corrected chi connectivity index (χ0v) is 12.6. The Bertz CT molecular complexity index is 560. The Morgan fingerprint density at radius 3 is 2.65 bits per heavy atom. The fraction of sp³-hybridized carbons (Fsp3) is 0.429. The molecule has 2 rings (SSSR count). The van der Waals surface area contributed by atoms with Crippen molar-refractivity contribution in [1.29, 1.82) is 5.26 Å². The van der Waals surface area contributed by atoms with Gasteiger partial charge in [-0.2, -0.15) is 5.26 Å². The van der Waals surface area contributed by atoms with Crippen molar-refractivity contribution in [2.24, 2.45) is 0 Å². The van der Waals surface area contributed by atoms with Crippen molar-refractivity contribution in [3.8, 4) is 6.07 Å². The fourth-order valence-corrected chi connectivity index (χ4v) is 2.62. The van der Waals surface area contributed by atoms with Gasteiger partial charge in [0.15, 0.2) is 0 Å². The average Bonchev–Trinajstić information content (AvgIpc) is 2.44. The van der Waals surface area contributed by atoms with Crippen LogP contribution in [0.25, 0.3) is 0 Å². The molecule has 1 amide bonds. The minimum Gasteiger partial charge on any atom is -0.334 e. The molecule has 1 aromatic carbocycles. The SMILES string of the molecule is CN1CCC(C#N)(NC(=O)c2cccc(Cl)c2Cl)CC1.